The third kappa shape index (κ3) is 4.56. The second kappa shape index (κ2) is 7.75. The molecule has 1 aliphatic rings. The highest BCUT2D eigenvalue weighted by atomic mass is 32.2. The number of hydrogen-bond donors (Lipinski definition) is 2. The average molecular weight is 338 g/mol. The van der Waals surface area contributed by atoms with E-state index in [9.17, 15) is 4.79 Å². The fraction of sp³-hybridized carbons (Fsp3) is 0.500. The lowest BCUT2D eigenvalue weighted by Gasteiger charge is -2.09. The predicted molar refractivity (Wildman–Crippen MR) is 86.2 cm³/mol. The smallest absolute Gasteiger partial charge is 0.230 e. The first-order valence-electron chi connectivity index (χ1n) is 7.24. The van der Waals surface area contributed by atoms with Gasteiger partial charge < -0.3 is 10.1 Å². The molecule has 2 aromatic heterocycles. The topological polar surface area (TPSA) is 79.9 Å². The number of carbonyl (C=O) groups excluding carboxylic acids is 1. The molecule has 1 aliphatic heterocycles. The van der Waals surface area contributed by atoms with Gasteiger partial charge in [0.2, 0.25) is 11.1 Å². The number of amides is 1. The van der Waals surface area contributed by atoms with Gasteiger partial charge in [-0.1, -0.05) is 17.8 Å². The quantitative estimate of drug-likeness (QED) is 0.753. The van der Waals surface area contributed by atoms with E-state index in [1.165, 1.54) is 16.6 Å². The minimum absolute atomic E-state index is 0.00916. The Hall–Kier alpha value is -1.38. The first-order valence-corrected chi connectivity index (χ1v) is 9.11. The summed E-state index contributed by atoms with van der Waals surface area (Å²) in [5.74, 6) is 1.14. The molecular formula is C14H18N4O2S2. The fourth-order valence-electron chi connectivity index (χ4n) is 2.21. The van der Waals surface area contributed by atoms with Crippen molar-refractivity contribution >= 4 is 29.0 Å². The van der Waals surface area contributed by atoms with Gasteiger partial charge in [0.05, 0.1) is 11.9 Å². The van der Waals surface area contributed by atoms with Crippen molar-refractivity contribution in [3.63, 3.8) is 0 Å². The third-order valence-electron chi connectivity index (χ3n) is 3.32. The van der Waals surface area contributed by atoms with Gasteiger partial charge in [0.15, 0.2) is 0 Å². The summed E-state index contributed by atoms with van der Waals surface area (Å²) in [5.41, 5.74) is 0. The molecule has 0 radical (unpaired) electrons. The van der Waals surface area contributed by atoms with E-state index in [1.807, 2.05) is 11.4 Å². The number of thioether (sulfide) groups is 1. The van der Waals surface area contributed by atoms with E-state index >= 15 is 0 Å². The van der Waals surface area contributed by atoms with Crippen LogP contribution in [0.1, 0.15) is 23.5 Å². The van der Waals surface area contributed by atoms with Crippen LogP contribution in [-0.4, -0.2) is 46.1 Å². The van der Waals surface area contributed by atoms with Gasteiger partial charge in [0.25, 0.3) is 0 Å². The number of aromatic nitrogens is 3. The zero-order chi connectivity index (χ0) is 15.2. The van der Waals surface area contributed by atoms with Gasteiger partial charge in [-0.3, -0.25) is 9.89 Å². The molecule has 0 unspecified atom stereocenters. The molecule has 0 aromatic carbocycles. The molecule has 2 N–H and O–H groups in total. The van der Waals surface area contributed by atoms with Crippen LogP contribution in [0.25, 0.3) is 0 Å². The normalized spacial score (nSPS) is 17.7. The van der Waals surface area contributed by atoms with Crippen LogP contribution < -0.4 is 5.32 Å². The van der Waals surface area contributed by atoms with E-state index in [0.29, 0.717) is 17.5 Å². The van der Waals surface area contributed by atoms with E-state index in [2.05, 4.69) is 26.6 Å². The fourth-order valence-corrected chi connectivity index (χ4v) is 3.57. The van der Waals surface area contributed by atoms with Crippen LogP contribution in [0, 0.1) is 0 Å². The Kier molecular flexibility index (Phi) is 5.47. The van der Waals surface area contributed by atoms with Crippen molar-refractivity contribution in [2.75, 3.05) is 18.9 Å². The number of nitrogens with zero attached hydrogens (tertiary/aromatic N) is 2. The van der Waals surface area contributed by atoms with E-state index in [4.69, 9.17) is 4.74 Å². The van der Waals surface area contributed by atoms with Crippen LogP contribution in [0.2, 0.25) is 0 Å². The molecule has 0 saturated carbocycles. The highest BCUT2D eigenvalue weighted by Crippen LogP contribution is 2.16. The maximum atomic E-state index is 11.8. The van der Waals surface area contributed by atoms with Crippen LogP contribution in [0.4, 0.5) is 0 Å². The van der Waals surface area contributed by atoms with Gasteiger partial charge in [-0.25, -0.2) is 4.98 Å². The summed E-state index contributed by atoms with van der Waals surface area (Å²) in [6.07, 6.45) is 3.03. The van der Waals surface area contributed by atoms with Crippen molar-refractivity contribution in [2.24, 2.45) is 0 Å². The summed E-state index contributed by atoms with van der Waals surface area (Å²) in [7, 11) is 0. The van der Waals surface area contributed by atoms with Gasteiger partial charge in [-0.2, -0.15) is 0 Å². The van der Waals surface area contributed by atoms with Crippen LogP contribution in [0.3, 0.4) is 0 Å². The maximum absolute atomic E-state index is 11.8. The summed E-state index contributed by atoms with van der Waals surface area (Å²) >= 11 is 3.03. The Bertz CT molecular complexity index is 594. The largest absolute Gasteiger partial charge is 0.376 e. The molecule has 1 amide bonds. The summed E-state index contributed by atoms with van der Waals surface area (Å²) in [6, 6.07) is 4.09. The summed E-state index contributed by atoms with van der Waals surface area (Å²) in [5, 5.41) is 12.6. The van der Waals surface area contributed by atoms with Crippen molar-refractivity contribution in [3.8, 4) is 0 Å². The number of hydrogen-bond acceptors (Lipinski definition) is 6. The van der Waals surface area contributed by atoms with Crippen molar-refractivity contribution < 1.29 is 9.53 Å². The molecular weight excluding hydrogens is 320 g/mol. The molecule has 1 atom stereocenters. The number of ether oxygens (including phenoxy) is 1. The monoisotopic (exact) mass is 338 g/mol. The zero-order valence-electron chi connectivity index (χ0n) is 12.1. The molecule has 0 bridgehead atoms. The second-order valence-electron chi connectivity index (χ2n) is 5.05. The number of thiophene rings is 1. The lowest BCUT2D eigenvalue weighted by molar-refractivity contribution is -0.119. The predicted octanol–water partition coefficient (Wildman–Crippen LogP) is 1.84. The van der Waals surface area contributed by atoms with Crippen LogP contribution >= 0.6 is 23.1 Å². The third-order valence-corrected chi connectivity index (χ3v) is 5.04. The highest BCUT2D eigenvalue weighted by molar-refractivity contribution is 7.99. The Labute approximate surface area is 137 Å². The van der Waals surface area contributed by atoms with E-state index in [-0.39, 0.29) is 12.0 Å². The van der Waals surface area contributed by atoms with Crippen LogP contribution in [0.5, 0.6) is 0 Å². The van der Waals surface area contributed by atoms with E-state index in [1.54, 1.807) is 11.3 Å². The Morgan fingerprint density at radius 1 is 1.59 bits per heavy atom. The number of aromatic amines is 1. The summed E-state index contributed by atoms with van der Waals surface area (Å²) < 4.78 is 5.47. The molecule has 118 valence electrons. The van der Waals surface area contributed by atoms with Gasteiger partial charge in [-0.15, -0.1) is 16.4 Å². The Balaban J connectivity index is 1.39. The van der Waals surface area contributed by atoms with E-state index in [0.717, 1.165) is 31.7 Å². The molecule has 3 rings (SSSR count). The first kappa shape index (κ1) is 15.5. The molecule has 3 heterocycles. The Morgan fingerprint density at radius 2 is 2.55 bits per heavy atom. The number of rotatable bonds is 7. The lowest BCUT2D eigenvalue weighted by atomic mass is 10.2. The second-order valence-corrected chi connectivity index (χ2v) is 7.02. The van der Waals surface area contributed by atoms with Gasteiger partial charge in [0, 0.05) is 24.4 Å². The summed E-state index contributed by atoms with van der Waals surface area (Å²) in [6.45, 7) is 1.40. The SMILES string of the molecule is O=C(CSc1n[nH]c(Cc2cccs2)n1)NC[C@H]1CCCO1. The van der Waals surface area contributed by atoms with Crippen molar-refractivity contribution in [3.05, 3.63) is 28.2 Å². The van der Waals surface area contributed by atoms with Gasteiger partial charge in [0.1, 0.15) is 5.82 Å². The minimum Gasteiger partial charge on any atom is -0.376 e. The molecule has 2 aromatic rings. The maximum Gasteiger partial charge on any atom is 0.230 e. The van der Waals surface area contributed by atoms with Crippen molar-refractivity contribution in [2.45, 2.75) is 30.5 Å². The zero-order valence-corrected chi connectivity index (χ0v) is 13.7. The molecule has 1 saturated heterocycles. The van der Waals surface area contributed by atoms with E-state index < -0.39 is 0 Å². The van der Waals surface area contributed by atoms with Crippen molar-refractivity contribution in [1.82, 2.24) is 20.5 Å². The molecule has 6 nitrogen and oxygen atoms in total. The number of carbonyl (C=O) groups is 1. The Morgan fingerprint density at radius 3 is 3.32 bits per heavy atom. The number of nitrogens with one attached hydrogen (secondary N) is 2. The van der Waals surface area contributed by atoms with Crippen LogP contribution in [0.15, 0.2) is 22.7 Å². The van der Waals surface area contributed by atoms with Gasteiger partial charge >= 0.3 is 0 Å². The average Bonchev–Trinajstić information content (AvgIpc) is 3.26. The molecule has 22 heavy (non-hydrogen) atoms. The molecule has 1 fully saturated rings. The molecule has 8 heteroatoms. The first-order chi connectivity index (χ1) is 10.8. The lowest BCUT2D eigenvalue weighted by Crippen LogP contribution is -2.32. The molecule has 0 spiro atoms. The van der Waals surface area contributed by atoms with Gasteiger partial charge in [-0.05, 0) is 24.3 Å². The number of H-pyrrole nitrogens is 1. The van der Waals surface area contributed by atoms with Crippen LogP contribution in [-0.2, 0) is 16.0 Å². The minimum atomic E-state index is -0.00916. The van der Waals surface area contributed by atoms with Crippen molar-refractivity contribution in [1.29, 1.82) is 0 Å². The molecule has 0 aliphatic carbocycles. The standard InChI is InChI=1S/C14H18N4O2S2/c19-13(15-8-10-3-1-5-20-10)9-22-14-16-12(17-18-14)7-11-4-2-6-21-11/h2,4,6,10H,1,3,5,7-9H2,(H,15,19)(H,16,17,18)/t10-/m1/s1. The summed E-state index contributed by atoms with van der Waals surface area (Å²) in [4.78, 5) is 17.4. The highest BCUT2D eigenvalue weighted by Gasteiger charge is 2.16.